The van der Waals surface area contributed by atoms with Crippen molar-refractivity contribution < 1.29 is 4.79 Å². The van der Waals surface area contributed by atoms with E-state index in [4.69, 9.17) is 0 Å². The zero-order chi connectivity index (χ0) is 22.2. The Morgan fingerprint density at radius 3 is 2.31 bits per heavy atom. The summed E-state index contributed by atoms with van der Waals surface area (Å²) in [6.07, 6.45) is 5.84. The van der Waals surface area contributed by atoms with Crippen LogP contribution in [0.1, 0.15) is 31.2 Å². The SMILES string of the molecule is CN(C)[C@]1(c2ccccc2)CC[C@]2(CC1)CN(c1ccc(N3CCNCC3)nc1)C(=O)N2. The van der Waals surface area contributed by atoms with Gasteiger partial charge in [0, 0.05) is 31.7 Å². The number of benzene rings is 1. The monoisotopic (exact) mass is 434 g/mol. The number of anilines is 2. The van der Waals surface area contributed by atoms with Crippen LogP contribution in [0.4, 0.5) is 16.3 Å². The number of carbonyl (C=O) groups excluding carboxylic acids is 1. The normalized spacial score (nSPS) is 28.4. The van der Waals surface area contributed by atoms with Crippen LogP contribution in [0.2, 0.25) is 0 Å². The summed E-state index contributed by atoms with van der Waals surface area (Å²) in [7, 11) is 4.35. The van der Waals surface area contributed by atoms with Crippen molar-refractivity contribution in [2.24, 2.45) is 0 Å². The Morgan fingerprint density at radius 2 is 1.69 bits per heavy atom. The molecule has 2 aliphatic heterocycles. The fourth-order valence-electron chi connectivity index (χ4n) is 5.70. The molecule has 1 saturated carbocycles. The molecule has 0 atom stereocenters. The number of amides is 2. The van der Waals surface area contributed by atoms with Gasteiger partial charge in [0.15, 0.2) is 0 Å². The van der Waals surface area contributed by atoms with Gasteiger partial charge >= 0.3 is 6.03 Å². The zero-order valence-electron chi connectivity index (χ0n) is 19.2. The van der Waals surface area contributed by atoms with Gasteiger partial charge in [-0.15, -0.1) is 0 Å². The number of hydrogen-bond acceptors (Lipinski definition) is 5. The molecule has 2 amide bonds. The van der Waals surface area contributed by atoms with Crippen LogP contribution in [-0.2, 0) is 5.54 Å². The van der Waals surface area contributed by atoms with Crippen LogP contribution in [0.25, 0.3) is 0 Å². The molecule has 7 heteroatoms. The Labute approximate surface area is 190 Å². The van der Waals surface area contributed by atoms with Crippen molar-refractivity contribution >= 4 is 17.5 Å². The lowest BCUT2D eigenvalue weighted by atomic mass is 9.69. The minimum Gasteiger partial charge on any atom is -0.354 e. The predicted octanol–water partition coefficient (Wildman–Crippen LogP) is 2.79. The van der Waals surface area contributed by atoms with Gasteiger partial charge in [0.05, 0.1) is 24.0 Å². The molecule has 2 aromatic rings. The van der Waals surface area contributed by atoms with Crippen molar-refractivity contribution in [1.29, 1.82) is 0 Å². The van der Waals surface area contributed by atoms with Gasteiger partial charge in [0.2, 0.25) is 0 Å². The molecule has 32 heavy (non-hydrogen) atoms. The first-order valence-corrected chi connectivity index (χ1v) is 11.8. The van der Waals surface area contributed by atoms with Gasteiger partial charge in [-0.25, -0.2) is 9.78 Å². The molecule has 3 fully saturated rings. The van der Waals surface area contributed by atoms with E-state index >= 15 is 0 Å². The van der Waals surface area contributed by atoms with E-state index in [1.54, 1.807) is 0 Å². The molecule has 3 aliphatic rings. The lowest BCUT2D eigenvalue weighted by molar-refractivity contribution is 0.0658. The van der Waals surface area contributed by atoms with E-state index in [0.717, 1.165) is 63.4 Å². The smallest absolute Gasteiger partial charge is 0.322 e. The topological polar surface area (TPSA) is 63.7 Å². The number of hydrogen-bond donors (Lipinski definition) is 2. The largest absolute Gasteiger partial charge is 0.354 e. The molecule has 1 aromatic carbocycles. The Kier molecular flexibility index (Phi) is 5.55. The molecular formula is C25H34N6O. The second kappa shape index (κ2) is 8.37. The van der Waals surface area contributed by atoms with Crippen LogP contribution < -0.4 is 20.4 Å². The third-order valence-electron chi connectivity index (χ3n) is 7.76. The standard InChI is InChI=1S/C25H34N6O/c1-29(2)25(20-6-4-3-5-7-20)12-10-24(11-13-25)19-31(23(32)28-24)21-8-9-22(27-18-21)30-16-14-26-15-17-30/h3-9,18,26H,10-17,19H2,1-2H3,(H,28,32)/t24-,25+. The molecule has 170 valence electrons. The summed E-state index contributed by atoms with van der Waals surface area (Å²) in [5.74, 6) is 0.987. The molecule has 0 unspecified atom stereocenters. The van der Waals surface area contributed by atoms with E-state index < -0.39 is 0 Å². The van der Waals surface area contributed by atoms with Crippen molar-refractivity contribution in [3.63, 3.8) is 0 Å². The number of rotatable bonds is 4. The van der Waals surface area contributed by atoms with Crippen LogP contribution in [0, 0.1) is 0 Å². The fourth-order valence-corrected chi connectivity index (χ4v) is 5.70. The second-order valence-corrected chi connectivity index (χ2v) is 9.70. The number of carbonyl (C=O) groups is 1. The molecule has 5 rings (SSSR count). The maximum absolute atomic E-state index is 13.0. The molecule has 1 aliphatic carbocycles. The van der Waals surface area contributed by atoms with Gasteiger partial charge in [-0.1, -0.05) is 30.3 Å². The number of nitrogens with one attached hydrogen (secondary N) is 2. The zero-order valence-corrected chi connectivity index (χ0v) is 19.2. The average molecular weight is 435 g/mol. The van der Waals surface area contributed by atoms with Gasteiger partial charge < -0.3 is 15.5 Å². The van der Waals surface area contributed by atoms with Gasteiger partial charge in [-0.2, -0.15) is 0 Å². The number of urea groups is 1. The van der Waals surface area contributed by atoms with E-state index in [0.29, 0.717) is 6.54 Å². The van der Waals surface area contributed by atoms with Gasteiger partial charge in [-0.3, -0.25) is 9.80 Å². The maximum atomic E-state index is 13.0. The molecule has 1 aromatic heterocycles. The summed E-state index contributed by atoms with van der Waals surface area (Å²) in [6.45, 7) is 4.61. The second-order valence-electron chi connectivity index (χ2n) is 9.70. The summed E-state index contributed by atoms with van der Waals surface area (Å²) in [6, 6.07) is 14.9. The van der Waals surface area contributed by atoms with Crippen molar-refractivity contribution in [2.45, 2.75) is 36.8 Å². The third kappa shape index (κ3) is 3.73. The Morgan fingerprint density at radius 1 is 0.969 bits per heavy atom. The minimum absolute atomic E-state index is 0.00112. The van der Waals surface area contributed by atoms with Gasteiger partial charge in [0.25, 0.3) is 0 Å². The van der Waals surface area contributed by atoms with Crippen molar-refractivity contribution in [2.75, 3.05) is 56.6 Å². The molecule has 0 bridgehead atoms. The Balaban J connectivity index is 1.30. The minimum atomic E-state index is -0.164. The Bertz CT molecular complexity index is 931. The molecule has 1 spiro atoms. The van der Waals surface area contributed by atoms with Crippen molar-refractivity contribution in [1.82, 2.24) is 20.5 Å². The van der Waals surface area contributed by atoms with Gasteiger partial charge in [0.1, 0.15) is 5.82 Å². The number of piperazine rings is 1. The molecular weight excluding hydrogens is 400 g/mol. The van der Waals surface area contributed by atoms with E-state index in [1.807, 2.05) is 23.2 Å². The van der Waals surface area contributed by atoms with Crippen LogP contribution in [0.5, 0.6) is 0 Å². The van der Waals surface area contributed by atoms with Crippen molar-refractivity contribution in [3.8, 4) is 0 Å². The molecule has 2 N–H and O–H groups in total. The van der Waals surface area contributed by atoms with E-state index in [2.05, 4.69) is 69.8 Å². The summed E-state index contributed by atoms with van der Waals surface area (Å²) >= 11 is 0. The highest BCUT2D eigenvalue weighted by molar-refractivity contribution is 5.95. The summed E-state index contributed by atoms with van der Waals surface area (Å²) in [5.41, 5.74) is 2.11. The molecule has 2 saturated heterocycles. The molecule has 0 radical (unpaired) electrons. The highest BCUT2D eigenvalue weighted by Gasteiger charge is 2.50. The number of aromatic nitrogens is 1. The van der Waals surface area contributed by atoms with Crippen LogP contribution >= 0.6 is 0 Å². The third-order valence-corrected chi connectivity index (χ3v) is 7.76. The van der Waals surface area contributed by atoms with Crippen molar-refractivity contribution in [3.05, 3.63) is 54.2 Å². The highest BCUT2D eigenvalue weighted by Crippen LogP contribution is 2.46. The lowest BCUT2D eigenvalue weighted by Crippen LogP contribution is -2.54. The van der Waals surface area contributed by atoms with E-state index in [-0.39, 0.29) is 17.1 Å². The first kappa shape index (κ1) is 21.2. The van der Waals surface area contributed by atoms with E-state index in [9.17, 15) is 4.79 Å². The maximum Gasteiger partial charge on any atom is 0.322 e. The highest BCUT2D eigenvalue weighted by atomic mass is 16.2. The summed E-state index contributed by atoms with van der Waals surface area (Å²) < 4.78 is 0. The summed E-state index contributed by atoms with van der Waals surface area (Å²) in [5, 5.41) is 6.71. The van der Waals surface area contributed by atoms with Gasteiger partial charge in [-0.05, 0) is 57.5 Å². The lowest BCUT2D eigenvalue weighted by Gasteiger charge is -2.48. The van der Waals surface area contributed by atoms with E-state index in [1.165, 1.54) is 5.56 Å². The summed E-state index contributed by atoms with van der Waals surface area (Å²) in [4.78, 5) is 24.2. The predicted molar refractivity (Wildman–Crippen MR) is 128 cm³/mol. The fraction of sp³-hybridized carbons (Fsp3) is 0.520. The molecule has 3 heterocycles. The van der Waals surface area contributed by atoms with Crippen LogP contribution in [0.15, 0.2) is 48.7 Å². The van der Waals surface area contributed by atoms with Crippen LogP contribution in [0.3, 0.4) is 0 Å². The first-order valence-electron chi connectivity index (χ1n) is 11.8. The molecule has 7 nitrogen and oxygen atoms in total. The number of nitrogens with zero attached hydrogens (tertiary/aromatic N) is 4. The Hall–Kier alpha value is -2.64. The number of pyridine rings is 1. The first-order chi connectivity index (χ1) is 15.5. The quantitative estimate of drug-likeness (QED) is 0.775. The van der Waals surface area contributed by atoms with Crippen LogP contribution in [-0.4, -0.2) is 68.3 Å². The average Bonchev–Trinajstić information content (AvgIpc) is 3.16.